The van der Waals surface area contributed by atoms with Crippen LogP contribution in [0.25, 0.3) is 0 Å². The Morgan fingerprint density at radius 3 is 2.20 bits per heavy atom. The molecule has 0 fully saturated rings. The quantitative estimate of drug-likeness (QED) is 0.524. The molecule has 0 aromatic carbocycles. The number of nitrogens with one attached hydrogen (secondary N) is 1. The fourth-order valence-corrected chi connectivity index (χ4v) is 0.874. The zero-order valence-electron chi connectivity index (χ0n) is 10.5. The number of Topliss-reactive ketones (excluding diaryl/α,β-unsaturated/α-hetero) is 1. The van der Waals surface area contributed by atoms with Crippen molar-refractivity contribution in [3.63, 3.8) is 0 Å². The van der Waals surface area contributed by atoms with Crippen LogP contribution in [0.3, 0.4) is 0 Å². The van der Waals surface area contributed by atoms with Crippen molar-refractivity contribution in [2.24, 2.45) is 5.92 Å². The maximum atomic E-state index is 11.1. The van der Waals surface area contributed by atoms with Gasteiger partial charge in [-0.1, -0.05) is 34.1 Å². The summed E-state index contributed by atoms with van der Waals surface area (Å²) in [5.41, 5.74) is 0. The summed E-state index contributed by atoms with van der Waals surface area (Å²) in [6.07, 6.45) is 4.33. The van der Waals surface area contributed by atoms with Crippen molar-refractivity contribution in [2.75, 3.05) is 6.54 Å². The standard InChI is InChI=1S/C9H17NO2.C3H8/c1-8(2)9(12)5-3-4-6-10-7-11;1-3-2/h7-8H,3-6H2,1-2H3,(H,10,11);3H2,1-2H3. The highest BCUT2D eigenvalue weighted by molar-refractivity contribution is 5.80. The molecule has 0 aromatic rings. The van der Waals surface area contributed by atoms with Crippen molar-refractivity contribution in [3.05, 3.63) is 0 Å². The fraction of sp³-hybridized carbons (Fsp3) is 0.833. The van der Waals surface area contributed by atoms with Gasteiger partial charge in [0.15, 0.2) is 0 Å². The van der Waals surface area contributed by atoms with E-state index in [0.29, 0.717) is 25.2 Å². The van der Waals surface area contributed by atoms with Crippen molar-refractivity contribution in [2.45, 2.75) is 53.4 Å². The Bertz CT molecular complexity index is 156. The first-order chi connectivity index (χ1) is 7.09. The number of hydrogen-bond donors (Lipinski definition) is 1. The fourth-order valence-electron chi connectivity index (χ4n) is 0.874. The Morgan fingerprint density at radius 1 is 1.27 bits per heavy atom. The van der Waals surface area contributed by atoms with Gasteiger partial charge in [0.2, 0.25) is 6.41 Å². The van der Waals surface area contributed by atoms with Crippen LogP contribution < -0.4 is 5.32 Å². The van der Waals surface area contributed by atoms with Gasteiger partial charge in [0.1, 0.15) is 5.78 Å². The lowest BCUT2D eigenvalue weighted by Crippen LogP contribution is -2.13. The number of ketones is 1. The first-order valence-electron chi connectivity index (χ1n) is 5.79. The van der Waals surface area contributed by atoms with Crippen molar-refractivity contribution in [3.8, 4) is 0 Å². The SMILES string of the molecule is CC(C)C(=O)CCCCNC=O.CCC. The molecule has 0 rings (SSSR count). The van der Waals surface area contributed by atoms with E-state index < -0.39 is 0 Å². The minimum Gasteiger partial charge on any atom is -0.359 e. The summed E-state index contributed by atoms with van der Waals surface area (Å²) in [5.74, 6) is 0.449. The van der Waals surface area contributed by atoms with Crippen molar-refractivity contribution in [1.29, 1.82) is 0 Å². The largest absolute Gasteiger partial charge is 0.359 e. The van der Waals surface area contributed by atoms with Gasteiger partial charge in [0.05, 0.1) is 0 Å². The minimum atomic E-state index is 0.143. The van der Waals surface area contributed by atoms with Crippen LogP contribution in [-0.4, -0.2) is 18.7 Å². The number of amides is 1. The molecule has 0 aliphatic carbocycles. The second-order valence-electron chi connectivity index (χ2n) is 3.86. The summed E-state index contributed by atoms with van der Waals surface area (Å²) in [5, 5.41) is 2.56. The van der Waals surface area contributed by atoms with Gasteiger partial charge < -0.3 is 5.32 Å². The predicted molar refractivity (Wildman–Crippen MR) is 63.7 cm³/mol. The van der Waals surface area contributed by atoms with Gasteiger partial charge in [-0.25, -0.2) is 0 Å². The van der Waals surface area contributed by atoms with E-state index in [2.05, 4.69) is 19.2 Å². The highest BCUT2D eigenvalue weighted by Gasteiger charge is 2.05. The lowest BCUT2D eigenvalue weighted by Gasteiger charge is -2.02. The van der Waals surface area contributed by atoms with Crippen LogP contribution in [0.1, 0.15) is 53.4 Å². The summed E-state index contributed by atoms with van der Waals surface area (Å²) in [4.78, 5) is 20.9. The van der Waals surface area contributed by atoms with Crippen molar-refractivity contribution in [1.82, 2.24) is 5.32 Å². The molecule has 1 N–H and O–H groups in total. The summed E-state index contributed by atoms with van der Waals surface area (Å²) in [7, 11) is 0. The molecule has 0 bridgehead atoms. The van der Waals surface area contributed by atoms with Crippen LogP contribution in [0.15, 0.2) is 0 Å². The zero-order chi connectivity index (χ0) is 12.1. The smallest absolute Gasteiger partial charge is 0.207 e. The number of carbonyl (C=O) groups excluding carboxylic acids is 2. The number of rotatable bonds is 7. The van der Waals surface area contributed by atoms with Crippen LogP contribution >= 0.6 is 0 Å². The summed E-state index contributed by atoms with van der Waals surface area (Å²) in [6, 6.07) is 0. The number of unbranched alkanes of at least 4 members (excludes halogenated alkanes) is 1. The van der Waals surface area contributed by atoms with Crippen LogP contribution in [0.2, 0.25) is 0 Å². The molecule has 0 saturated carbocycles. The topological polar surface area (TPSA) is 46.2 Å². The molecule has 0 aromatic heterocycles. The average molecular weight is 215 g/mol. The Labute approximate surface area is 93.6 Å². The molecule has 15 heavy (non-hydrogen) atoms. The van der Waals surface area contributed by atoms with E-state index in [1.807, 2.05) is 13.8 Å². The maximum absolute atomic E-state index is 11.1. The first kappa shape index (κ1) is 16.6. The van der Waals surface area contributed by atoms with Gasteiger partial charge in [-0.05, 0) is 12.8 Å². The van der Waals surface area contributed by atoms with Crippen molar-refractivity contribution >= 4 is 12.2 Å². The van der Waals surface area contributed by atoms with Crippen LogP contribution in [0, 0.1) is 5.92 Å². The maximum Gasteiger partial charge on any atom is 0.207 e. The van der Waals surface area contributed by atoms with Gasteiger partial charge in [0.25, 0.3) is 0 Å². The zero-order valence-corrected chi connectivity index (χ0v) is 10.5. The molecule has 0 aliphatic heterocycles. The Kier molecular flexibility index (Phi) is 14.5. The second-order valence-corrected chi connectivity index (χ2v) is 3.86. The molecule has 0 heterocycles. The van der Waals surface area contributed by atoms with Crippen LogP contribution in [0.4, 0.5) is 0 Å². The molecular formula is C12H25NO2. The first-order valence-corrected chi connectivity index (χ1v) is 5.79. The summed E-state index contributed by atoms with van der Waals surface area (Å²) in [6.45, 7) is 8.74. The summed E-state index contributed by atoms with van der Waals surface area (Å²) >= 11 is 0. The van der Waals surface area contributed by atoms with E-state index in [1.165, 1.54) is 6.42 Å². The normalized spacial score (nSPS) is 9.13. The van der Waals surface area contributed by atoms with E-state index in [0.717, 1.165) is 12.8 Å². The number of carbonyl (C=O) groups is 2. The molecule has 1 amide bonds. The Hall–Kier alpha value is -0.860. The molecule has 0 unspecified atom stereocenters. The highest BCUT2D eigenvalue weighted by atomic mass is 16.1. The Balaban J connectivity index is 0. The van der Waals surface area contributed by atoms with E-state index in [1.54, 1.807) is 0 Å². The van der Waals surface area contributed by atoms with Gasteiger partial charge in [-0.3, -0.25) is 9.59 Å². The molecule has 3 heteroatoms. The molecule has 0 saturated heterocycles. The van der Waals surface area contributed by atoms with E-state index in [4.69, 9.17) is 0 Å². The van der Waals surface area contributed by atoms with Crippen LogP contribution in [0.5, 0.6) is 0 Å². The van der Waals surface area contributed by atoms with Gasteiger partial charge in [0, 0.05) is 18.9 Å². The summed E-state index contributed by atoms with van der Waals surface area (Å²) < 4.78 is 0. The van der Waals surface area contributed by atoms with E-state index in [-0.39, 0.29) is 5.92 Å². The van der Waals surface area contributed by atoms with E-state index >= 15 is 0 Å². The molecular weight excluding hydrogens is 190 g/mol. The average Bonchev–Trinajstić information content (AvgIpc) is 2.18. The lowest BCUT2D eigenvalue weighted by atomic mass is 10.0. The Morgan fingerprint density at radius 2 is 1.80 bits per heavy atom. The monoisotopic (exact) mass is 215 g/mol. The third kappa shape index (κ3) is 15.9. The molecule has 0 atom stereocenters. The van der Waals surface area contributed by atoms with Gasteiger partial charge in [-0.15, -0.1) is 0 Å². The predicted octanol–water partition coefficient (Wildman–Crippen LogP) is 2.54. The second kappa shape index (κ2) is 13.1. The highest BCUT2D eigenvalue weighted by Crippen LogP contribution is 2.03. The van der Waals surface area contributed by atoms with Gasteiger partial charge in [-0.2, -0.15) is 0 Å². The molecule has 3 nitrogen and oxygen atoms in total. The molecule has 0 aliphatic rings. The molecule has 0 radical (unpaired) electrons. The third-order valence-electron chi connectivity index (χ3n) is 1.72. The lowest BCUT2D eigenvalue weighted by molar-refractivity contribution is -0.122. The van der Waals surface area contributed by atoms with Gasteiger partial charge >= 0.3 is 0 Å². The number of hydrogen-bond acceptors (Lipinski definition) is 2. The molecule has 90 valence electrons. The minimum absolute atomic E-state index is 0.143. The third-order valence-corrected chi connectivity index (χ3v) is 1.72. The molecule has 0 spiro atoms. The van der Waals surface area contributed by atoms with Crippen LogP contribution in [-0.2, 0) is 9.59 Å². The van der Waals surface area contributed by atoms with E-state index in [9.17, 15) is 9.59 Å². The van der Waals surface area contributed by atoms with Crippen molar-refractivity contribution < 1.29 is 9.59 Å².